The number of nitrogens with one attached hydrogen (secondary N) is 1. The summed E-state index contributed by atoms with van der Waals surface area (Å²) in [6, 6.07) is 8.32. The molecule has 168 valence electrons. The van der Waals surface area contributed by atoms with Crippen LogP contribution in [-0.2, 0) is 24.8 Å². The first-order valence-corrected chi connectivity index (χ1v) is 12.3. The highest BCUT2D eigenvalue weighted by Gasteiger charge is 2.37. The van der Waals surface area contributed by atoms with Crippen molar-refractivity contribution in [3.05, 3.63) is 36.4 Å². The van der Waals surface area contributed by atoms with E-state index in [9.17, 15) is 21.6 Å². The molecule has 1 N–H and O–H groups in total. The van der Waals surface area contributed by atoms with Crippen molar-refractivity contribution >= 4 is 37.3 Å². The number of amides is 1. The minimum Gasteiger partial charge on any atom is -0.497 e. The van der Waals surface area contributed by atoms with Crippen LogP contribution in [0.3, 0.4) is 0 Å². The molecule has 0 saturated carbocycles. The Labute approximate surface area is 180 Å². The summed E-state index contributed by atoms with van der Waals surface area (Å²) in [5, 5.41) is 0. The van der Waals surface area contributed by atoms with Crippen LogP contribution in [-0.4, -0.2) is 49.3 Å². The van der Waals surface area contributed by atoms with E-state index in [1.165, 1.54) is 38.5 Å². The molecule has 12 heteroatoms. The molecule has 10 nitrogen and oxygen atoms in total. The van der Waals surface area contributed by atoms with Crippen molar-refractivity contribution in [1.82, 2.24) is 0 Å². The molecule has 0 radical (unpaired) electrons. The Balaban J connectivity index is 2.10. The summed E-state index contributed by atoms with van der Waals surface area (Å²) in [7, 11) is -5.32. The Bertz CT molecular complexity index is 1210. The van der Waals surface area contributed by atoms with Crippen molar-refractivity contribution < 1.29 is 35.8 Å². The standard InChI is InChI=1S/C19H22N2O8S2/c1-4-29-17-7-5-13(21-19(22)9-10-30(21,23)24)11-18(17)31(25,26)20-15-12-14(27-2)6-8-16(15)28-3/h5-8,11-12,20H,4,9-10H2,1-3H3. The summed E-state index contributed by atoms with van der Waals surface area (Å²) in [6.45, 7) is 1.85. The van der Waals surface area contributed by atoms with Crippen molar-refractivity contribution in [1.29, 1.82) is 0 Å². The zero-order chi connectivity index (χ0) is 22.8. The predicted octanol–water partition coefficient (Wildman–Crippen LogP) is 1.97. The second-order valence-electron chi connectivity index (χ2n) is 6.46. The van der Waals surface area contributed by atoms with Crippen LogP contribution in [0.4, 0.5) is 11.4 Å². The summed E-state index contributed by atoms with van der Waals surface area (Å²) >= 11 is 0. The third kappa shape index (κ3) is 4.54. The highest BCUT2D eigenvalue weighted by atomic mass is 32.2. The molecular formula is C19H22N2O8S2. The summed E-state index contributed by atoms with van der Waals surface area (Å²) in [4.78, 5) is 11.8. The highest BCUT2D eigenvalue weighted by molar-refractivity contribution is 7.94. The fourth-order valence-electron chi connectivity index (χ4n) is 3.07. The van der Waals surface area contributed by atoms with E-state index in [2.05, 4.69) is 4.72 Å². The lowest BCUT2D eigenvalue weighted by atomic mass is 10.3. The van der Waals surface area contributed by atoms with E-state index < -0.39 is 26.0 Å². The lowest BCUT2D eigenvalue weighted by Crippen LogP contribution is -2.29. The minimum atomic E-state index is -4.27. The Morgan fingerprint density at radius 2 is 1.77 bits per heavy atom. The van der Waals surface area contributed by atoms with Gasteiger partial charge < -0.3 is 14.2 Å². The summed E-state index contributed by atoms with van der Waals surface area (Å²) in [6.07, 6.45) is -0.170. The quantitative estimate of drug-likeness (QED) is 0.620. The molecule has 0 aliphatic carbocycles. The normalized spacial score (nSPS) is 15.6. The van der Waals surface area contributed by atoms with Crippen LogP contribution in [0.25, 0.3) is 0 Å². The average Bonchev–Trinajstić information content (AvgIpc) is 3.00. The zero-order valence-corrected chi connectivity index (χ0v) is 18.7. The number of nitrogens with zero attached hydrogens (tertiary/aromatic N) is 1. The van der Waals surface area contributed by atoms with Gasteiger partial charge in [-0.15, -0.1) is 0 Å². The van der Waals surface area contributed by atoms with Crippen molar-refractivity contribution in [2.45, 2.75) is 18.2 Å². The molecule has 2 aromatic rings. The summed E-state index contributed by atoms with van der Waals surface area (Å²) in [5.74, 6) is -0.318. The maximum Gasteiger partial charge on any atom is 0.265 e. The third-order valence-corrected chi connectivity index (χ3v) is 7.56. The largest absolute Gasteiger partial charge is 0.497 e. The summed E-state index contributed by atoms with van der Waals surface area (Å²) < 4.78 is 69.8. The summed E-state index contributed by atoms with van der Waals surface area (Å²) in [5.41, 5.74) is 0.0310. The van der Waals surface area contributed by atoms with Gasteiger partial charge in [0.1, 0.15) is 22.1 Å². The van der Waals surface area contributed by atoms with Crippen LogP contribution in [0.1, 0.15) is 13.3 Å². The van der Waals surface area contributed by atoms with Gasteiger partial charge >= 0.3 is 0 Å². The third-order valence-electron chi connectivity index (χ3n) is 4.48. The fourth-order valence-corrected chi connectivity index (χ4v) is 5.75. The van der Waals surface area contributed by atoms with Crippen molar-refractivity contribution in [2.75, 3.05) is 35.6 Å². The Morgan fingerprint density at radius 1 is 1.06 bits per heavy atom. The number of hydrogen-bond donors (Lipinski definition) is 1. The highest BCUT2D eigenvalue weighted by Crippen LogP contribution is 2.36. The van der Waals surface area contributed by atoms with Crippen LogP contribution in [0, 0.1) is 0 Å². The monoisotopic (exact) mass is 470 g/mol. The van der Waals surface area contributed by atoms with Gasteiger partial charge in [0.15, 0.2) is 0 Å². The number of rotatable bonds is 8. The van der Waals surface area contributed by atoms with Gasteiger partial charge in [-0.25, -0.2) is 21.1 Å². The lowest BCUT2D eigenvalue weighted by molar-refractivity contribution is -0.116. The first-order chi connectivity index (χ1) is 14.6. The van der Waals surface area contributed by atoms with Gasteiger partial charge in [0.2, 0.25) is 15.9 Å². The molecule has 1 heterocycles. The molecule has 1 aliphatic heterocycles. The second kappa shape index (κ2) is 8.63. The molecule has 2 aromatic carbocycles. The molecule has 0 atom stereocenters. The lowest BCUT2D eigenvalue weighted by Gasteiger charge is -2.19. The number of carbonyl (C=O) groups is 1. The van der Waals surface area contributed by atoms with E-state index in [-0.39, 0.29) is 46.5 Å². The second-order valence-corrected chi connectivity index (χ2v) is 10.0. The van der Waals surface area contributed by atoms with Gasteiger partial charge in [-0.05, 0) is 37.3 Å². The predicted molar refractivity (Wildman–Crippen MR) is 114 cm³/mol. The average molecular weight is 471 g/mol. The maximum atomic E-state index is 13.2. The van der Waals surface area contributed by atoms with Gasteiger partial charge in [0.05, 0.1) is 38.0 Å². The Morgan fingerprint density at radius 3 is 2.35 bits per heavy atom. The van der Waals surface area contributed by atoms with E-state index in [1.54, 1.807) is 13.0 Å². The Kier molecular flexibility index (Phi) is 6.32. The van der Waals surface area contributed by atoms with Crippen LogP contribution in [0.2, 0.25) is 0 Å². The molecule has 31 heavy (non-hydrogen) atoms. The number of anilines is 2. The maximum absolute atomic E-state index is 13.2. The van der Waals surface area contributed by atoms with E-state index in [0.717, 1.165) is 6.07 Å². The number of sulfonamides is 2. The molecule has 0 unspecified atom stereocenters. The molecule has 3 rings (SSSR count). The first kappa shape index (κ1) is 22.7. The van der Waals surface area contributed by atoms with Crippen LogP contribution < -0.4 is 23.2 Å². The molecular weight excluding hydrogens is 448 g/mol. The van der Waals surface area contributed by atoms with Gasteiger partial charge in [-0.3, -0.25) is 9.52 Å². The van der Waals surface area contributed by atoms with Crippen molar-refractivity contribution in [2.24, 2.45) is 0 Å². The molecule has 1 saturated heterocycles. The van der Waals surface area contributed by atoms with E-state index >= 15 is 0 Å². The van der Waals surface area contributed by atoms with E-state index in [0.29, 0.717) is 10.1 Å². The number of carbonyl (C=O) groups excluding carboxylic acids is 1. The van der Waals surface area contributed by atoms with E-state index in [1.807, 2.05) is 0 Å². The van der Waals surface area contributed by atoms with Gasteiger partial charge in [-0.1, -0.05) is 0 Å². The zero-order valence-electron chi connectivity index (χ0n) is 17.1. The molecule has 0 spiro atoms. The number of benzene rings is 2. The first-order valence-electron chi connectivity index (χ1n) is 9.20. The molecule has 0 bridgehead atoms. The number of hydrogen-bond acceptors (Lipinski definition) is 8. The topological polar surface area (TPSA) is 128 Å². The van der Waals surface area contributed by atoms with E-state index in [4.69, 9.17) is 14.2 Å². The van der Waals surface area contributed by atoms with Gasteiger partial charge in [0.25, 0.3) is 10.0 Å². The molecule has 1 fully saturated rings. The number of methoxy groups -OCH3 is 2. The number of ether oxygens (including phenoxy) is 3. The van der Waals surface area contributed by atoms with Gasteiger partial charge in [-0.2, -0.15) is 0 Å². The van der Waals surface area contributed by atoms with Crippen molar-refractivity contribution in [3.8, 4) is 17.2 Å². The van der Waals surface area contributed by atoms with Crippen molar-refractivity contribution in [3.63, 3.8) is 0 Å². The fraction of sp³-hybridized carbons (Fsp3) is 0.316. The van der Waals surface area contributed by atoms with Crippen LogP contribution >= 0.6 is 0 Å². The SMILES string of the molecule is CCOc1ccc(N2C(=O)CCS2(=O)=O)cc1S(=O)(=O)Nc1cc(OC)ccc1OC. The van der Waals surface area contributed by atoms with Crippen LogP contribution in [0.5, 0.6) is 17.2 Å². The molecule has 1 amide bonds. The van der Waals surface area contributed by atoms with Gasteiger partial charge in [0, 0.05) is 12.5 Å². The molecule has 0 aromatic heterocycles. The molecule has 1 aliphatic rings. The Hall–Kier alpha value is -2.99. The van der Waals surface area contributed by atoms with Crippen LogP contribution in [0.15, 0.2) is 41.3 Å². The smallest absolute Gasteiger partial charge is 0.265 e. The minimum absolute atomic E-state index is 0.00431.